The Hall–Kier alpha value is -1.19. The molecule has 0 bridgehead atoms. The van der Waals surface area contributed by atoms with Crippen LogP contribution in [0.15, 0.2) is 11.6 Å². The summed E-state index contributed by atoms with van der Waals surface area (Å²) in [5, 5.41) is 0. The van der Waals surface area contributed by atoms with Crippen LogP contribution in [0.4, 0.5) is 4.39 Å². The quantitative estimate of drug-likeness (QED) is 0.569. The Morgan fingerprint density at radius 2 is 2.00 bits per heavy atom. The van der Waals surface area contributed by atoms with E-state index in [4.69, 9.17) is 4.74 Å². The van der Waals surface area contributed by atoms with Gasteiger partial charge in [0.15, 0.2) is 5.78 Å². The number of allylic oxidation sites excluding steroid dienone is 1. The Morgan fingerprint density at radius 3 is 2.66 bits per heavy atom. The Kier molecular flexibility index (Phi) is 5.23. The number of ketones is 1. The molecule has 0 amide bonds. The van der Waals surface area contributed by atoms with E-state index in [0.29, 0.717) is 37.0 Å². The number of hydrogen-bond acceptors (Lipinski definition) is 3. The minimum Gasteiger partial charge on any atom is -0.461 e. The van der Waals surface area contributed by atoms with Gasteiger partial charge in [-0.05, 0) is 67.3 Å². The molecule has 0 saturated heterocycles. The Labute approximate surface area is 174 Å². The molecule has 4 aliphatic carbocycles. The van der Waals surface area contributed by atoms with Crippen molar-refractivity contribution in [3.8, 4) is 0 Å². The maximum absolute atomic E-state index is 16.0. The van der Waals surface area contributed by atoms with Gasteiger partial charge in [0.2, 0.25) is 0 Å². The number of rotatable bonds is 3. The lowest BCUT2D eigenvalue weighted by Gasteiger charge is -2.60. The van der Waals surface area contributed by atoms with Crippen molar-refractivity contribution in [2.45, 2.75) is 91.8 Å². The van der Waals surface area contributed by atoms with Crippen molar-refractivity contribution in [2.75, 3.05) is 0 Å². The highest BCUT2D eigenvalue weighted by Gasteiger charge is 2.65. The molecular formula is C25H37FO3. The lowest BCUT2D eigenvalue weighted by Crippen LogP contribution is -2.58. The zero-order valence-electron chi connectivity index (χ0n) is 18.7. The maximum atomic E-state index is 16.0. The van der Waals surface area contributed by atoms with Crippen molar-refractivity contribution in [3.63, 3.8) is 0 Å². The van der Waals surface area contributed by atoms with Crippen LogP contribution in [0.2, 0.25) is 0 Å². The van der Waals surface area contributed by atoms with E-state index in [1.165, 1.54) is 5.57 Å². The topological polar surface area (TPSA) is 43.4 Å². The molecule has 0 aromatic carbocycles. The second kappa shape index (κ2) is 7.20. The number of carbonyl (C=O) groups is 2. The standard InChI is InChI=1S/C25H37FO3/c1-6-15-11-17-19-10-14(3)23(29-21(28)7-2)25(19,5)13-20(26)22(17)24(4)9-8-16(27)12-18(15)24/h12,14-15,17,19-20,22-23H,6-11,13H2,1-5H3/t14?,15-,17?,19?,20?,22?,23+,24?,25?/m1/s1. The molecule has 4 heteroatoms. The first-order valence-corrected chi connectivity index (χ1v) is 11.7. The van der Waals surface area contributed by atoms with Gasteiger partial charge in [-0.1, -0.05) is 40.2 Å². The van der Waals surface area contributed by atoms with Crippen LogP contribution in [0.25, 0.3) is 0 Å². The molecule has 9 atom stereocenters. The predicted octanol–water partition coefficient (Wildman–Crippen LogP) is 5.67. The molecule has 0 aliphatic heterocycles. The normalized spacial score (nSPS) is 49.0. The first kappa shape index (κ1) is 21.1. The summed E-state index contributed by atoms with van der Waals surface area (Å²) < 4.78 is 21.9. The zero-order chi connectivity index (χ0) is 21.1. The summed E-state index contributed by atoms with van der Waals surface area (Å²) in [7, 11) is 0. The van der Waals surface area contributed by atoms with Gasteiger partial charge in [0, 0.05) is 24.2 Å². The summed E-state index contributed by atoms with van der Waals surface area (Å²) in [6.07, 6.45) is 5.93. The molecule has 0 aromatic rings. The summed E-state index contributed by atoms with van der Waals surface area (Å²) in [5.41, 5.74) is 0.731. The van der Waals surface area contributed by atoms with Crippen LogP contribution in [0.3, 0.4) is 0 Å². The number of halogens is 1. The highest BCUT2D eigenvalue weighted by Crippen LogP contribution is 2.68. The average Bonchev–Trinajstić information content (AvgIpc) is 2.92. The monoisotopic (exact) mass is 404 g/mol. The first-order valence-electron chi connectivity index (χ1n) is 11.7. The minimum absolute atomic E-state index is 0.0180. The molecule has 0 N–H and O–H groups in total. The van der Waals surface area contributed by atoms with Crippen LogP contribution in [-0.4, -0.2) is 24.0 Å². The van der Waals surface area contributed by atoms with E-state index in [9.17, 15) is 9.59 Å². The summed E-state index contributed by atoms with van der Waals surface area (Å²) in [5.74, 6) is 1.35. The Balaban J connectivity index is 1.73. The number of hydrogen-bond donors (Lipinski definition) is 0. The predicted molar refractivity (Wildman–Crippen MR) is 111 cm³/mol. The van der Waals surface area contributed by atoms with E-state index >= 15 is 4.39 Å². The summed E-state index contributed by atoms with van der Waals surface area (Å²) in [4.78, 5) is 24.3. The molecule has 0 heterocycles. The molecule has 3 nitrogen and oxygen atoms in total. The molecule has 0 aromatic heterocycles. The van der Waals surface area contributed by atoms with Crippen molar-refractivity contribution in [1.29, 1.82) is 0 Å². The number of alkyl halides is 1. The van der Waals surface area contributed by atoms with Gasteiger partial charge < -0.3 is 4.74 Å². The van der Waals surface area contributed by atoms with E-state index in [1.54, 1.807) is 0 Å². The highest BCUT2D eigenvalue weighted by atomic mass is 19.1. The molecule has 4 aliphatic rings. The van der Waals surface area contributed by atoms with Crippen molar-refractivity contribution >= 4 is 11.8 Å². The molecule has 29 heavy (non-hydrogen) atoms. The fraction of sp³-hybridized carbons (Fsp3) is 0.840. The SMILES string of the molecule is CCC(=O)O[C@H]1C(C)CC2C3C[C@@H](CC)C4=CC(=O)CCC4(C)C3C(F)CC21C. The summed E-state index contributed by atoms with van der Waals surface area (Å²) in [6, 6.07) is 0. The number of ether oxygens (including phenoxy) is 1. The average molecular weight is 405 g/mol. The molecule has 3 fully saturated rings. The van der Waals surface area contributed by atoms with E-state index < -0.39 is 6.17 Å². The van der Waals surface area contributed by atoms with Crippen molar-refractivity contribution < 1.29 is 18.7 Å². The molecular weight excluding hydrogens is 367 g/mol. The van der Waals surface area contributed by atoms with Gasteiger partial charge in [0.1, 0.15) is 12.3 Å². The number of carbonyl (C=O) groups excluding carboxylic acids is 2. The molecule has 0 spiro atoms. The van der Waals surface area contributed by atoms with E-state index in [1.807, 2.05) is 13.0 Å². The van der Waals surface area contributed by atoms with Gasteiger partial charge in [-0.2, -0.15) is 0 Å². The fourth-order valence-electron chi connectivity index (χ4n) is 8.03. The van der Waals surface area contributed by atoms with Gasteiger partial charge in [-0.3, -0.25) is 9.59 Å². The lowest BCUT2D eigenvalue weighted by atomic mass is 9.45. The lowest BCUT2D eigenvalue weighted by molar-refractivity contribution is -0.168. The summed E-state index contributed by atoms with van der Waals surface area (Å²) in [6.45, 7) is 10.6. The number of esters is 1. The second-order valence-corrected chi connectivity index (χ2v) is 10.8. The van der Waals surface area contributed by atoms with Gasteiger partial charge in [0.05, 0.1) is 0 Å². The van der Waals surface area contributed by atoms with Gasteiger partial charge in [-0.15, -0.1) is 0 Å². The first-order chi connectivity index (χ1) is 13.7. The van der Waals surface area contributed by atoms with Crippen LogP contribution in [0.5, 0.6) is 0 Å². The van der Waals surface area contributed by atoms with Gasteiger partial charge in [0.25, 0.3) is 0 Å². The number of fused-ring (bicyclic) bond motifs is 5. The highest BCUT2D eigenvalue weighted by molar-refractivity contribution is 5.91. The van der Waals surface area contributed by atoms with Gasteiger partial charge >= 0.3 is 5.97 Å². The molecule has 7 unspecified atom stereocenters. The zero-order valence-corrected chi connectivity index (χ0v) is 18.7. The molecule has 162 valence electrons. The van der Waals surface area contributed by atoms with E-state index in [0.717, 1.165) is 25.7 Å². The van der Waals surface area contributed by atoms with Gasteiger partial charge in [-0.25, -0.2) is 4.39 Å². The molecule has 3 saturated carbocycles. The van der Waals surface area contributed by atoms with Crippen LogP contribution in [-0.2, 0) is 14.3 Å². The van der Waals surface area contributed by atoms with Crippen molar-refractivity contribution in [3.05, 3.63) is 11.6 Å². The third-order valence-corrected chi connectivity index (χ3v) is 9.28. The fourth-order valence-corrected chi connectivity index (χ4v) is 8.03. The van der Waals surface area contributed by atoms with Crippen LogP contribution < -0.4 is 0 Å². The summed E-state index contributed by atoms with van der Waals surface area (Å²) >= 11 is 0. The van der Waals surface area contributed by atoms with E-state index in [2.05, 4.69) is 27.7 Å². The largest absolute Gasteiger partial charge is 0.461 e. The third kappa shape index (κ3) is 3.03. The maximum Gasteiger partial charge on any atom is 0.305 e. The third-order valence-electron chi connectivity index (χ3n) is 9.28. The van der Waals surface area contributed by atoms with Crippen molar-refractivity contribution in [2.24, 2.45) is 40.4 Å². The van der Waals surface area contributed by atoms with Crippen LogP contribution >= 0.6 is 0 Å². The molecule has 0 radical (unpaired) electrons. The smallest absolute Gasteiger partial charge is 0.305 e. The Bertz CT molecular complexity index is 730. The minimum atomic E-state index is -0.909. The van der Waals surface area contributed by atoms with E-state index in [-0.39, 0.29) is 40.5 Å². The molecule has 4 rings (SSSR count). The van der Waals surface area contributed by atoms with Crippen LogP contribution in [0.1, 0.15) is 79.6 Å². The van der Waals surface area contributed by atoms with Crippen LogP contribution in [0, 0.1) is 40.4 Å². The second-order valence-electron chi connectivity index (χ2n) is 10.8. The Morgan fingerprint density at radius 1 is 1.28 bits per heavy atom. The van der Waals surface area contributed by atoms with Crippen molar-refractivity contribution in [1.82, 2.24) is 0 Å².